The molecule has 0 radical (unpaired) electrons. The van der Waals surface area contributed by atoms with Crippen molar-refractivity contribution in [2.75, 3.05) is 11.9 Å². The van der Waals surface area contributed by atoms with Crippen molar-refractivity contribution < 1.29 is 5.11 Å². The molecule has 0 fully saturated rings. The first kappa shape index (κ1) is 17.3. The quantitative estimate of drug-likeness (QED) is 0.725. The summed E-state index contributed by atoms with van der Waals surface area (Å²) in [5, 5.41) is 14.2. The van der Waals surface area contributed by atoms with Gasteiger partial charge in [0.05, 0.1) is 6.10 Å². The Bertz CT molecular complexity index is 853. The number of anilines is 1. The lowest BCUT2D eigenvalue weighted by atomic mass is 10.1. The van der Waals surface area contributed by atoms with E-state index in [1.165, 1.54) is 0 Å². The van der Waals surface area contributed by atoms with Crippen molar-refractivity contribution in [3.8, 4) is 11.5 Å². The molecule has 128 valence electrons. The molecule has 0 saturated carbocycles. The van der Waals surface area contributed by atoms with Crippen LogP contribution in [-0.4, -0.2) is 26.6 Å². The van der Waals surface area contributed by atoms with Crippen LogP contribution in [0.25, 0.3) is 11.5 Å². The molecule has 0 aliphatic carbocycles. The number of pyridine rings is 1. The maximum Gasteiger partial charge on any atom is 0.180 e. The SMILES string of the molecule is Cc1nc(-c2ccccn2)nc(NCC(O)c2ccc(Cl)cc2)c1C. The van der Waals surface area contributed by atoms with E-state index in [4.69, 9.17) is 11.6 Å². The number of aryl methyl sites for hydroxylation is 1. The average Bonchev–Trinajstić information content (AvgIpc) is 2.64. The number of aliphatic hydroxyl groups excluding tert-OH is 1. The third kappa shape index (κ3) is 4.13. The molecule has 1 atom stereocenters. The first-order chi connectivity index (χ1) is 12.0. The van der Waals surface area contributed by atoms with E-state index in [1.807, 2.05) is 44.2 Å². The molecule has 3 aromatic rings. The van der Waals surface area contributed by atoms with E-state index in [1.54, 1.807) is 18.3 Å². The molecule has 0 aliphatic rings. The molecule has 2 aromatic heterocycles. The van der Waals surface area contributed by atoms with E-state index in [9.17, 15) is 5.11 Å². The molecule has 0 saturated heterocycles. The van der Waals surface area contributed by atoms with Gasteiger partial charge in [-0.05, 0) is 43.7 Å². The van der Waals surface area contributed by atoms with Gasteiger partial charge in [-0.1, -0.05) is 29.8 Å². The second-order valence-corrected chi connectivity index (χ2v) is 6.21. The largest absolute Gasteiger partial charge is 0.387 e. The highest BCUT2D eigenvalue weighted by atomic mass is 35.5. The van der Waals surface area contributed by atoms with E-state index in [-0.39, 0.29) is 0 Å². The van der Waals surface area contributed by atoms with Crippen LogP contribution in [0.15, 0.2) is 48.7 Å². The molecule has 0 bridgehead atoms. The molecule has 25 heavy (non-hydrogen) atoms. The molecule has 2 heterocycles. The summed E-state index contributed by atoms with van der Waals surface area (Å²) in [5.41, 5.74) is 3.33. The van der Waals surface area contributed by atoms with E-state index in [0.717, 1.165) is 16.8 Å². The summed E-state index contributed by atoms with van der Waals surface area (Å²) in [6, 6.07) is 12.8. The average molecular weight is 355 g/mol. The van der Waals surface area contributed by atoms with Crippen LogP contribution in [0.4, 0.5) is 5.82 Å². The van der Waals surface area contributed by atoms with Gasteiger partial charge in [0.15, 0.2) is 5.82 Å². The van der Waals surface area contributed by atoms with Crippen LogP contribution in [0.5, 0.6) is 0 Å². The smallest absolute Gasteiger partial charge is 0.180 e. The molecule has 6 heteroatoms. The van der Waals surface area contributed by atoms with Crippen LogP contribution in [-0.2, 0) is 0 Å². The first-order valence-corrected chi connectivity index (χ1v) is 8.36. The number of nitrogens with one attached hydrogen (secondary N) is 1. The normalized spacial score (nSPS) is 12.0. The van der Waals surface area contributed by atoms with Crippen LogP contribution < -0.4 is 5.32 Å². The van der Waals surface area contributed by atoms with Crippen molar-refractivity contribution >= 4 is 17.4 Å². The minimum atomic E-state index is -0.662. The molecule has 0 aliphatic heterocycles. The third-order valence-corrected chi connectivity index (χ3v) is 4.25. The Balaban J connectivity index is 1.80. The molecule has 5 nitrogen and oxygen atoms in total. The van der Waals surface area contributed by atoms with E-state index in [2.05, 4.69) is 20.3 Å². The number of benzene rings is 1. The minimum Gasteiger partial charge on any atom is -0.387 e. The van der Waals surface area contributed by atoms with Gasteiger partial charge < -0.3 is 10.4 Å². The third-order valence-electron chi connectivity index (χ3n) is 4.00. The number of aromatic nitrogens is 3. The van der Waals surface area contributed by atoms with Crippen molar-refractivity contribution in [3.05, 3.63) is 70.5 Å². The molecular formula is C19H19ClN4O. The van der Waals surface area contributed by atoms with Crippen LogP contribution in [0.2, 0.25) is 5.02 Å². The standard InChI is InChI=1S/C19H19ClN4O/c1-12-13(2)23-19(16-5-3-4-10-21-16)24-18(12)22-11-17(25)14-6-8-15(20)9-7-14/h3-10,17,25H,11H2,1-2H3,(H,22,23,24). The van der Waals surface area contributed by atoms with Gasteiger partial charge >= 0.3 is 0 Å². The highest BCUT2D eigenvalue weighted by Gasteiger charge is 2.13. The van der Waals surface area contributed by atoms with Crippen LogP contribution >= 0.6 is 11.6 Å². The second-order valence-electron chi connectivity index (χ2n) is 5.77. The Morgan fingerprint density at radius 1 is 1.08 bits per heavy atom. The monoisotopic (exact) mass is 354 g/mol. The Kier molecular flexibility index (Phi) is 5.26. The van der Waals surface area contributed by atoms with Gasteiger partial charge in [0.1, 0.15) is 11.5 Å². The Morgan fingerprint density at radius 3 is 2.52 bits per heavy atom. The van der Waals surface area contributed by atoms with Crippen molar-refractivity contribution in [2.24, 2.45) is 0 Å². The summed E-state index contributed by atoms with van der Waals surface area (Å²) in [6.45, 7) is 4.22. The Hall–Kier alpha value is -2.50. The zero-order valence-electron chi connectivity index (χ0n) is 14.1. The predicted molar refractivity (Wildman–Crippen MR) is 99.6 cm³/mol. The lowest BCUT2D eigenvalue weighted by Crippen LogP contribution is -2.15. The van der Waals surface area contributed by atoms with Crippen LogP contribution in [0.1, 0.15) is 22.9 Å². The van der Waals surface area contributed by atoms with Crippen molar-refractivity contribution in [3.63, 3.8) is 0 Å². The molecule has 1 unspecified atom stereocenters. The number of hydrogen-bond donors (Lipinski definition) is 2. The summed E-state index contributed by atoms with van der Waals surface area (Å²) in [5.74, 6) is 1.26. The van der Waals surface area contributed by atoms with Gasteiger partial charge in [-0.15, -0.1) is 0 Å². The lowest BCUT2D eigenvalue weighted by Gasteiger charge is -2.15. The summed E-state index contributed by atoms with van der Waals surface area (Å²) >= 11 is 5.88. The second kappa shape index (κ2) is 7.59. The van der Waals surface area contributed by atoms with Crippen molar-refractivity contribution in [1.82, 2.24) is 15.0 Å². The number of rotatable bonds is 5. The Morgan fingerprint density at radius 2 is 1.84 bits per heavy atom. The van der Waals surface area contributed by atoms with E-state index in [0.29, 0.717) is 28.9 Å². The maximum atomic E-state index is 10.4. The summed E-state index contributed by atoms with van der Waals surface area (Å²) in [4.78, 5) is 13.4. The minimum absolute atomic E-state index is 0.334. The molecule has 1 aromatic carbocycles. The lowest BCUT2D eigenvalue weighted by molar-refractivity contribution is 0.191. The topological polar surface area (TPSA) is 70.9 Å². The number of nitrogens with zero attached hydrogens (tertiary/aromatic N) is 3. The highest BCUT2D eigenvalue weighted by molar-refractivity contribution is 6.30. The van der Waals surface area contributed by atoms with Crippen LogP contribution in [0.3, 0.4) is 0 Å². The molecule has 0 spiro atoms. The maximum absolute atomic E-state index is 10.4. The number of aliphatic hydroxyl groups is 1. The summed E-state index contributed by atoms with van der Waals surface area (Å²) in [7, 11) is 0. The Labute approximate surface area is 151 Å². The fraction of sp³-hybridized carbons (Fsp3) is 0.211. The van der Waals surface area contributed by atoms with Gasteiger partial charge in [0.2, 0.25) is 0 Å². The molecular weight excluding hydrogens is 336 g/mol. The first-order valence-electron chi connectivity index (χ1n) is 7.98. The van der Waals surface area contributed by atoms with Crippen molar-refractivity contribution in [1.29, 1.82) is 0 Å². The summed E-state index contributed by atoms with van der Waals surface area (Å²) < 4.78 is 0. The van der Waals surface area contributed by atoms with E-state index >= 15 is 0 Å². The highest BCUT2D eigenvalue weighted by Crippen LogP contribution is 2.22. The molecule has 0 amide bonds. The van der Waals surface area contributed by atoms with Gasteiger partial charge in [-0.2, -0.15) is 0 Å². The number of halogens is 1. The fourth-order valence-electron chi connectivity index (χ4n) is 2.41. The fourth-order valence-corrected chi connectivity index (χ4v) is 2.53. The molecule has 2 N–H and O–H groups in total. The van der Waals surface area contributed by atoms with Crippen molar-refractivity contribution in [2.45, 2.75) is 20.0 Å². The van der Waals surface area contributed by atoms with Gasteiger partial charge in [0.25, 0.3) is 0 Å². The summed E-state index contributed by atoms with van der Waals surface area (Å²) in [6.07, 6.45) is 1.05. The van der Waals surface area contributed by atoms with Gasteiger partial charge in [-0.3, -0.25) is 4.98 Å². The zero-order chi connectivity index (χ0) is 17.8. The number of hydrogen-bond acceptors (Lipinski definition) is 5. The van der Waals surface area contributed by atoms with Gasteiger partial charge in [0, 0.05) is 29.0 Å². The van der Waals surface area contributed by atoms with Crippen LogP contribution in [0, 0.1) is 13.8 Å². The predicted octanol–water partition coefficient (Wildman–Crippen LogP) is 3.95. The van der Waals surface area contributed by atoms with Gasteiger partial charge in [-0.25, -0.2) is 9.97 Å². The zero-order valence-corrected chi connectivity index (χ0v) is 14.8. The molecule has 3 rings (SSSR count). The van der Waals surface area contributed by atoms with E-state index < -0.39 is 6.10 Å².